The van der Waals surface area contributed by atoms with Crippen molar-refractivity contribution in [3.8, 4) is 0 Å². The van der Waals surface area contributed by atoms with Crippen molar-refractivity contribution < 1.29 is 9.90 Å². The van der Waals surface area contributed by atoms with E-state index in [4.69, 9.17) is 5.11 Å². The van der Waals surface area contributed by atoms with Gasteiger partial charge in [-0.15, -0.1) is 11.8 Å². The second-order valence-electron chi connectivity index (χ2n) is 1.56. The van der Waals surface area contributed by atoms with Crippen LogP contribution in [-0.2, 0) is 0 Å². The largest absolute Gasteiger partial charge is 0.465 e. The summed E-state index contributed by atoms with van der Waals surface area (Å²) in [6.45, 7) is 1.88. The van der Waals surface area contributed by atoms with Crippen LogP contribution in [0.3, 0.4) is 0 Å². The van der Waals surface area contributed by atoms with Gasteiger partial charge in [-0.1, -0.05) is 0 Å². The van der Waals surface area contributed by atoms with Gasteiger partial charge in [0, 0.05) is 0 Å². The van der Waals surface area contributed by atoms with E-state index in [0.717, 1.165) is 0 Å². The predicted octanol–water partition coefficient (Wildman–Crippen LogP) is 0.991. The normalized spacial score (nSPS) is 13.4. The molecule has 0 fully saturated rings. The fourth-order valence-corrected chi connectivity index (χ4v) is 0.441. The van der Waals surface area contributed by atoms with Crippen molar-refractivity contribution in [3.05, 3.63) is 0 Å². The molecular weight excluding hydrogens is 152 g/mol. The lowest BCUT2D eigenvalue weighted by Gasteiger charge is -1.98. The number of aliphatic imine (C=N–C) groups is 1. The fourth-order valence-electron chi connectivity index (χ4n) is 0.258. The van der Waals surface area contributed by atoms with Crippen molar-refractivity contribution in [3.63, 3.8) is 0 Å². The van der Waals surface area contributed by atoms with Crippen LogP contribution < -0.4 is 5.32 Å². The van der Waals surface area contributed by atoms with Gasteiger partial charge in [-0.05, 0) is 13.2 Å². The smallest absolute Gasteiger partial charge is 0.409 e. The zero-order valence-corrected chi connectivity index (χ0v) is 6.68. The zero-order valence-electron chi connectivity index (χ0n) is 5.87. The van der Waals surface area contributed by atoms with E-state index in [1.165, 1.54) is 6.34 Å². The van der Waals surface area contributed by atoms with Gasteiger partial charge in [-0.3, -0.25) is 10.3 Å². The first kappa shape index (κ1) is 9.29. The molecule has 0 aromatic carbocycles. The summed E-state index contributed by atoms with van der Waals surface area (Å²) in [5, 5.41) is 10.2. The quantitative estimate of drug-likeness (QED) is 0.480. The van der Waals surface area contributed by atoms with E-state index in [0.29, 0.717) is 0 Å². The van der Waals surface area contributed by atoms with Gasteiger partial charge < -0.3 is 5.11 Å². The molecule has 58 valence electrons. The number of carbonyl (C=O) groups is 1. The van der Waals surface area contributed by atoms with E-state index >= 15 is 0 Å². The minimum absolute atomic E-state index is 0.104. The minimum atomic E-state index is -1.09. The highest BCUT2D eigenvalue weighted by Gasteiger charge is 1.91. The SMILES string of the molecule is CSC(C)N=CNC(=O)O. The standard InChI is InChI=1S/C5H10N2O2S/c1-4(10-2)6-3-7-5(8)9/h3-4H,1-2H3,(H,6,7)(H,8,9). The lowest BCUT2D eigenvalue weighted by Crippen LogP contribution is -2.18. The van der Waals surface area contributed by atoms with Crippen LogP contribution in [0.15, 0.2) is 4.99 Å². The summed E-state index contributed by atoms with van der Waals surface area (Å²) in [6.07, 6.45) is 2.00. The van der Waals surface area contributed by atoms with Crippen LogP contribution in [0.2, 0.25) is 0 Å². The Morgan fingerprint density at radius 3 is 2.90 bits per heavy atom. The average molecular weight is 162 g/mol. The molecule has 2 N–H and O–H groups in total. The molecule has 0 rings (SSSR count). The van der Waals surface area contributed by atoms with Crippen LogP contribution in [0.5, 0.6) is 0 Å². The van der Waals surface area contributed by atoms with Crippen molar-refractivity contribution in [2.45, 2.75) is 12.3 Å². The lowest BCUT2D eigenvalue weighted by molar-refractivity contribution is 0.200. The van der Waals surface area contributed by atoms with Crippen molar-refractivity contribution in [1.29, 1.82) is 0 Å². The summed E-state index contributed by atoms with van der Waals surface area (Å²) >= 11 is 1.55. The minimum Gasteiger partial charge on any atom is -0.465 e. The van der Waals surface area contributed by atoms with Crippen molar-refractivity contribution in [2.24, 2.45) is 4.99 Å². The Balaban J connectivity index is 3.45. The Morgan fingerprint density at radius 1 is 1.90 bits per heavy atom. The van der Waals surface area contributed by atoms with Gasteiger partial charge in [0.15, 0.2) is 0 Å². The molecule has 0 saturated carbocycles. The van der Waals surface area contributed by atoms with Gasteiger partial charge in [0.1, 0.15) is 0 Å². The van der Waals surface area contributed by atoms with Crippen molar-refractivity contribution in [1.82, 2.24) is 5.32 Å². The van der Waals surface area contributed by atoms with Gasteiger partial charge in [0.25, 0.3) is 0 Å². The number of hydrogen-bond donors (Lipinski definition) is 2. The number of thioether (sulfide) groups is 1. The molecule has 0 aromatic heterocycles. The molecule has 0 aromatic rings. The number of nitrogens with zero attached hydrogens (tertiary/aromatic N) is 1. The Bertz CT molecular complexity index is 138. The third-order valence-electron chi connectivity index (χ3n) is 0.814. The molecule has 4 nitrogen and oxygen atoms in total. The topological polar surface area (TPSA) is 61.7 Å². The van der Waals surface area contributed by atoms with Gasteiger partial charge >= 0.3 is 6.09 Å². The Morgan fingerprint density at radius 2 is 2.50 bits per heavy atom. The molecule has 1 atom stereocenters. The lowest BCUT2D eigenvalue weighted by atomic mass is 10.8. The molecule has 5 heteroatoms. The number of carboxylic acid groups (broad SMARTS) is 1. The summed E-state index contributed by atoms with van der Waals surface area (Å²) in [5.41, 5.74) is 0. The molecule has 0 spiro atoms. The zero-order chi connectivity index (χ0) is 7.98. The molecule has 0 radical (unpaired) electrons. The number of nitrogens with one attached hydrogen (secondary N) is 1. The highest BCUT2D eigenvalue weighted by molar-refractivity contribution is 7.99. The molecule has 0 aliphatic heterocycles. The average Bonchev–Trinajstić information content (AvgIpc) is 1.87. The number of amides is 1. The van der Waals surface area contributed by atoms with Crippen LogP contribution in [0, 0.1) is 0 Å². The van der Waals surface area contributed by atoms with Crippen LogP contribution >= 0.6 is 11.8 Å². The van der Waals surface area contributed by atoms with Crippen LogP contribution in [0.4, 0.5) is 4.79 Å². The highest BCUT2D eigenvalue weighted by Crippen LogP contribution is 2.03. The second kappa shape index (κ2) is 5.10. The fraction of sp³-hybridized carbons (Fsp3) is 0.600. The maximum atomic E-state index is 9.86. The van der Waals surface area contributed by atoms with Crippen LogP contribution in [-0.4, -0.2) is 29.2 Å². The Labute approximate surface area is 63.7 Å². The number of rotatable bonds is 3. The van der Waals surface area contributed by atoms with E-state index in [1.54, 1.807) is 11.8 Å². The summed E-state index contributed by atoms with van der Waals surface area (Å²) in [7, 11) is 0. The summed E-state index contributed by atoms with van der Waals surface area (Å²) in [5.74, 6) is 0. The summed E-state index contributed by atoms with van der Waals surface area (Å²) < 4.78 is 0. The second-order valence-corrected chi connectivity index (χ2v) is 2.72. The van der Waals surface area contributed by atoms with Crippen LogP contribution in [0.1, 0.15) is 6.92 Å². The molecule has 0 bridgehead atoms. The maximum absolute atomic E-state index is 9.86. The molecular formula is C5H10N2O2S. The van der Waals surface area contributed by atoms with Gasteiger partial charge in [-0.2, -0.15) is 0 Å². The van der Waals surface area contributed by atoms with E-state index in [2.05, 4.69) is 4.99 Å². The highest BCUT2D eigenvalue weighted by atomic mass is 32.2. The maximum Gasteiger partial charge on any atom is 0.409 e. The van der Waals surface area contributed by atoms with Gasteiger partial charge in [-0.25, -0.2) is 4.79 Å². The first-order chi connectivity index (χ1) is 4.66. The molecule has 1 unspecified atom stereocenters. The van der Waals surface area contributed by atoms with Gasteiger partial charge in [0.2, 0.25) is 0 Å². The first-order valence-electron chi connectivity index (χ1n) is 2.70. The van der Waals surface area contributed by atoms with E-state index in [9.17, 15) is 4.79 Å². The molecule has 0 heterocycles. The molecule has 0 aliphatic rings. The van der Waals surface area contributed by atoms with E-state index in [-0.39, 0.29) is 5.37 Å². The van der Waals surface area contributed by atoms with Crippen molar-refractivity contribution in [2.75, 3.05) is 6.26 Å². The molecule has 0 aliphatic carbocycles. The Kier molecular flexibility index (Phi) is 4.74. The summed E-state index contributed by atoms with van der Waals surface area (Å²) in [6, 6.07) is 0. The van der Waals surface area contributed by atoms with Gasteiger partial charge in [0.05, 0.1) is 11.7 Å². The summed E-state index contributed by atoms with van der Waals surface area (Å²) in [4.78, 5) is 13.7. The third-order valence-corrected chi connectivity index (χ3v) is 1.62. The number of hydrogen-bond acceptors (Lipinski definition) is 3. The monoisotopic (exact) mass is 162 g/mol. The van der Waals surface area contributed by atoms with Crippen molar-refractivity contribution >= 4 is 24.2 Å². The Hall–Kier alpha value is -0.710. The molecule has 1 amide bonds. The molecule has 0 saturated heterocycles. The molecule has 10 heavy (non-hydrogen) atoms. The van der Waals surface area contributed by atoms with Crippen LogP contribution in [0.25, 0.3) is 0 Å². The van der Waals surface area contributed by atoms with E-state index < -0.39 is 6.09 Å². The predicted molar refractivity (Wildman–Crippen MR) is 42.6 cm³/mol. The van der Waals surface area contributed by atoms with E-state index in [1.807, 2.05) is 18.5 Å². The first-order valence-corrected chi connectivity index (χ1v) is 3.99. The third kappa shape index (κ3) is 5.43.